The van der Waals surface area contributed by atoms with Gasteiger partial charge in [0, 0.05) is 31.5 Å². The number of rotatable bonds is 3. The van der Waals surface area contributed by atoms with Crippen LogP contribution in [0.1, 0.15) is 24.8 Å². The van der Waals surface area contributed by atoms with Gasteiger partial charge in [0.2, 0.25) is 5.91 Å². The molecular formula is C14H20N2O. The van der Waals surface area contributed by atoms with Crippen LogP contribution < -0.4 is 5.73 Å². The van der Waals surface area contributed by atoms with Crippen molar-refractivity contribution in [3.8, 4) is 0 Å². The molecule has 3 nitrogen and oxygen atoms in total. The average molecular weight is 232 g/mol. The first kappa shape index (κ1) is 12.1. The van der Waals surface area contributed by atoms with E-state index in [2.05, 4.69) is 24.3 Å². The number of amides is 1. The van der Waals surface area contributed by atoms with Crippen molar-refractivity contribution < 1.29 is 4.79 Å². The van der Waals surface area contributed by atoms with Gasteiger partial charge in [0.15, 0.2) is 0 Å². The van der Waals surface area contributed by atoms with E-state index in [1.54, 1.807) is 0 Å². The number of nitrogens with zero attached hydrogens (tertiary/aromatic N) is 1. The molecule has 2 atom stereocenters. The topological polar surface area (TPSA) is 46.3 Å². The van der Waals surface area contributed by atoms with Gasteiger partial charge in [-0.25, -0.2) is 0 Å². The Balaban J connectivity index is 1.98. The van der Waals surface area contributed by atoms with E-state index in [1.165, 1.54) is 5.56 Å². The molecule has 17 heavy (non-hydrogen) atoms. The fraction of sp³-hybridized carbons (Fsp3) is 0.500. The normalized spacial score (nSPS) is 21.5. The third-order valence-corrected chi connectivity index (χ3v) is 3.55. The summed E-state index contributed by atoms with van der Waals surface area (Å²) in [5, 5.41) is 0. The van der Waals surface area contributed by atoms with Crippen LogP contribution in [0.5, 0.6) is 0 Å². The van der Waals surface area contributed by atoms with Crippen molar-refractivity contribution in [1.29, 1.82) is 0 Å². The number of hydrogen-bond donors (Lipinski definition) is 1. The highest BCUT2D eigenvalue weighted by Crippen LogP contribution is 2.27. The van der Waals surface area contributed by atoms with E-state index >= 15 is 0 Å². The number of carbonyl (C=O) groups excluding carboxylic acids is 1. The smallest absolute Gasteiger partial charge is 0.226 e. The van der Waals surface area contributed by atoms with Crippen molar-refractivity contribution >= 4 is 5.91 Å². The Morgan fingerprint density at radius 2 is 2.18 bits per heavy atom. The third-order valence-electron chi connectivity index (χ3n) is 3.55. The Kier molecular flexibility index (Phi) is 3.79. The average Bonchev–Trinajstić information content (AvgIpc) is 2.87. The molecule has 0 aromatic heterocycles. The van der Waals surface area contributed by atoms with Gasteiger partial charge in [-0.1, -0.05) is 37.3 Å². The molecule has 0 radical (unpaired) electrons. The second-order valence-corrected chi connectivity index (χ2v) is 4.82. The Morgan fingerprint density at radius 3 is 2.82 bits per heavy atom. The molecule has 2 N–H and O–H groups in total. The summed E-state index contributed by atoms with van der Waals surface area (Å²) < 4.78 is 0. The molecule has 1 aliphatic heterocycles. The van der Waals surface area contributed by atoms with Crippen molar-refractivity contribution in [2.24, 2.45) is 11.7 Å². The lowest BCUT2D eigenvalue weighted by molar-refractivity contribution is -0.133. The SMILES string of the molecule is CC(CN)C(=O)N1CCC(c2ccccc2)C1. The second kappa shape index (κ2) is 5.32. The first-order valence-corrected chi connectivity index (χ1v) is 6.26. The summed E-state index contributed by atoms with van der Waals surface area (Å²) in [7, 11) is 0. The standard InChI is InChI=1S/C14H20N2O/c1-11(9-15)14(17)16-8-7-13(10-16)12-5-3-2-4-6-12/h2-6,11,13H,7-10,15H2,1H3. The quantitative estimate of drug-likeness (QED) is 0.860. The van der Waals surface area contributed by atoms with E-state index in [-0.39, 0.29) is 11.8 Å². The molecular weight excluding hydrogens is 212 g/mol. The fourth-order valence-electron chi connectivity index (χ4n) is 2.37. The number of likely N-dealkylation sites (tertiary alicyclic amines) is 1. The van der Waals surface area contributed by atoms with Crippen LogP contribution in [0.15, 0.2) is 30.3 Å². The highest BCUT2D eigenvalue weighted by Gasteiger charge is 2.28. The molecule has 1 fully saturated rings. The van der Waals surface area contributed by atoms with Crippen LogP contribution in [0.25, 0.3) is 0 Å². The molecule has 1 aromatic carbocycles. The Labute approximate surface area is 103 Å². The van der Waals surface area contributed by atoms with Crippen LogP contribution in [-0.4, -0.2) is 30.4 Å². The van der Waals surface area contributed by atoms with E-state index in [1.807, 2.05) is 17.9 Å². The zero-order chi connectivity index (χ0) is 12.3. The number of benzene rings is 1. The maximum absolute atomic E-state index is 12.0. The van der Waals surface area contributed by atoms with Gasteiger partial charge in [-0.2, -0.15) is 0 Å². The molecule has 0 spiro atoms. The van der Waals surface area contributed by atoms with E-state index in [0.29, 0.717) is 12.5 Å². The minimum Gasteiger partial charge on any atom is -0.342 e. The van der Waals surface area contributed by atoms with E-state index in [4.69, 9.17) is 5.73 Å². The van der Waals surface area contributed by atoms with Crippen molar-refractivity contribution in [2.45, 2.75) is 19.3 Å². The Morgan fingerprint density at radius 1 is 1.47 bits per heavy atom. The van der Waals surface area contributed by atoms with Gasteiger partial charge in [-0.05, 0) is 12.0 Å². The molecule has 1 saturated heterocycles. The lowest BCUT2D eigenvalue weighted by Crippen LogP contribution is -2.36. The molecule has 2 unspecified atom stereocenters. The van der Waals surface area contributed by atoms with Crippen LogP contribution in [0.4, 0.5) is 0 Å². The predicted octanol–water partition coefficient (Wildman–Crippen LogP) is 1.60. The predicted molar refractivity (Wildman–Crippen MR) is 68.6 cm³/mol. The molecule has 1 aliphatic rings. The summed E-state index contributed by atoms with van der Waals surface area (Å²) in [5.41, 5.74) is 6.88. The molecule has 0 saturated carbocycles. The van der Waals surface area contributed by atoms with Crippen molar-refractivity contribution in [1.82, 2.24) is 4.90 Å². The Hall–Kier alpha value is -1.35. The number of carbonyl (C=O) groups is 1. The van der Waals surface area contributed by atoms with Gasteiger partial charge < -0.3 is 10.6 Å². The van der Waals surface area contributed by atoms with Gasteiger partial charge in [0.1, 0.15) is 0 Å². The molecule has 0 bridgehead atoms. The lowest BCUT2D eigenvalue weighted by atomic mass is 9.99. The van der Waals surface area contributed by atoms with Crippen LogP contribution in [0.3, 0.4) is 0 Å². The van der Waals surface area contributed by atoms with E-state index in [9.17, 15) is 4.79 Å². The van der Waals surface area contributed by atoms with Crippen molar-refractivity contribution in [2.75, 3.05) is 19.6 Å². The summed E-state index contributed by atoms with van der Waals surface area (Å²) in [6.45, 7) is 4.04. The first-order valence-electron chi connectivity index (χ1n) is 6.26. The van der Waals surface area contributed by atoms with E-state index < -0.39 is 0 Å². The minimum absolute atomic E-state index is 0.0514. The van der Waals surface area contributed by atoms with Gasteiger partial charge in [0.25, 0.3) is 0 Å². The highest BCUT2D eigenvalue weighted by atomic mass is 16.2. The number of nitrogens with two attached hydrogens (primary N) is 1. The molecule has 92 valence electrons. The zero-order valence-electron chi connectivity index (χ0n) is 10.3. The molecule has 1 aromatic rings. The molecule has 0 aliphatic carbocycles. The third kappa shape index (κ3) is 2.67. The summed E-state index contributed by atoms with van der Waals surface area (Å²) in [4.78, 5) is 14.0. The molecule has 1 amide bonds. The van der Waals surface area contributed by atoms with Crippen LogP contribution in [-0.2, 0) is 4.79 Å². The minimum atomic E-state index is -0.0514. The van der Waals surface area contributed by atoms with Gasteiger partial charge in [0.05, 0.1) is 0 Å². The monoisotopic (exact) mass is 232 g/mol. The van der Waals surface area contributed by atoms with Gasteiger partial charge in [-0.15, -0.1) is 0 Å². The van der Waals surface area contributed by atoms with Crippen LogP contribution >= 0.6 is 0 Å². The summed E-state index contributed by atoms with van der Waals surface area (Å²) in [6.07, 6.45) is 1.06. The first-order chi connectivity index (χ1) is 8.22. The molecule has 1 heterocycles. The second-order valence-electron chi connectivity index (χ2n) is 4.82. The van der Waals surface area contributed by atoms with Gasteiger partial charge in [-0.3, -0.25) is 4.79 Å². The molecule has 3 heteroatoms. The maximum atomic E-state index is 12.0. The summed E-state index contributed by atoms with van der Waals surface area (Å²) in [5.74, 6) is 0.639. The highest BCUT2D eigenvalue weighted by molar-refractivity contribution is 5.79. The van der Waals surface area contributed by atoms with Gasteiger partial charge >= 0.3 is 0 Å². The maximum Gasteiger partial charge on any atom is 0.226 e. The summed E-state index contributed by atoms with van der Waals surface area (Å²) in [6, 6.07) is 10.4. The summed E-state index contributed by atoms with van der Waals surface area (Å²) >= 11 is 0. The molecule has 2 rings (SSSR count). The zero-order valence-corrected chi connectivity index (χ0v) is 10.3. The number of hydrogen-bond acceptors (Lipinski definition) is 2. The van der Waals surface area contributed by atoms with Crippen molar-refractivity contribution in [3.05, 3.63) is 35.9 Å². The largest absolute Gasteiger partial charge is 0.342 e. The fourth-order valence-corrected chi connectivity index (χ4v) is 2.37. The Bertz CT molecular complexity index is 377. The van der Waals surface area contributed by atoms with E-state index in [0.717, 1.165) is 19.5 Å². The van der Waals surface area contributed by atoms with Crippen molar-refractivity contribution in [3.63, 3.8) is 0 Å². The van der Waals surface area contributed by atoms with Crippen LogP contribution in [0.2, 0.25) is 0 Å². The van der Waals surface area contributed by atoms with Crippen LogP contribution in [0, 0.1) is 5.92 Å². The lowest BCUT2D eigenvalue weighted by Gasteiger charge is -2.20.